The Balaban J connectivity index is 2.05. The lowest BCUT2D eigenvalue weighted by Gasteiger charge is -2.11. The SMILES string of the molecule is Cc1ccc2nc(Nc3ccccc3C)cc(C)c2c1. The standard InChI is InChI=1S/C18H18N2/c1-12-8-9-17-15(10-12)14(3)11-18(20-17)19-16-7-5-4-6-13(16)2/h4-11H,1-3H3,(H,19,20). The van der Waals surface area contributed by atoms with Crippen LogP contribution < -0.4 is 5.32 Å². The number of nitrogens with one attached hydrogen (secondary N) is 1. The summed E-state index contributed by atoms with van der Waals surface area (Å²) in [5, 5.41) is 4.63. The molecule has 0 spiro atoms. The second kappa shape index (κ2) is 4.97. The van der Waals surface area contributed by atoms with Crippen molar-refractivity contribution < 1.29 is 0 Å². The van der Waals surface area contributed by atoms with Gasteiger partial charge in [0, 0.05) is 11.1 Å². The average molecular weight is 262 g/mol. The number of aromatic nitrogens is 1. The lowest BCUT2D eigenvalue weighted by atomic mass is 10.1. The minimum atomic E-state index is 0.896. The van der Waals surface area contributed by atoms with Crippen molar-refractivity contribution in [3.05, 3.63) is 65.2 Å². The van der Waals surface area contributed by atoms with E-state index in [0.717, 1.165) is 17.0 Å². The highest BCUT2D eigenvalue weighted by Gasteiger charge is 2.04. The molecule has 0 aliphatic rings. The van der Waals surface area contributed by atoms with E-state index in [1.54, 1.807) is 0 Å². The van der Waals surface area contributed by atoms with Crippen molar-refractivity contribution >= 4 is 22.4 Å². The normalized spacial score (nSPS) is 10.8. The van der Waals surface area contributed by atoms with E-state index in [2.05, 4.69) is 62.5 Å². The van der Waals surface area contributed by atoms with E-state index in [1.807, 2.05) is 12.1 Å². The van der Waals surface area contributed by atoms with Gasteiger partial charge in [0.25, 0.3) is 0 Å². The fourth-order valence-electron chi connectivity index (χ4n) is 2.42. The molecule has 20 heavy (non-hydrogen) atoms. The maximum atomic E-state index is 4.70. The van der Waals surface area contributed by atoms with Gasteiger partial charge in [-0.25, -0.2) is 4.98 Å². The molecule has 0 saturated carbocycles. The zero-order valence-corrected chi connectivity index (χ0v) is 12.1. The lowest BCUT2D eigenvalue weighted by Crippen LogP contribution is -1.97. The smallest absolute Gasteiger partial charge is 0.131 e. The maximum Gasteiger partial charge on any atom is 0.131 e. The fourth-order valence-corrected chi connectivity index (χ4v) is 2.42. The van der Waals surface area contributed by atoms with Gasteiger partial charge in [0.15, 0.2) is 0 Å². The number of hydrogen-bond donors (Lipinski definition) is 1. The molecule has 0 bridgehead atoms. The zero-order chi connectivity index (χ0) is 14.1. The van der Waals surface area contributed by atoms with Crippen LogP contribution in [-0.4, -0.2) is 4.98 Å². The van der Waals surface area contributed by atoms with Crippen molar-refractivity contribution in [3.63, 3.8) is 0 Å². The van der Waals surface area contributed by atoms with E-state index in [1.165, 1.54) is 22.1 Å². The van der Waals surface area contributed by atoms with Gasteiger partial charge >= 0.3 is 0 Å². The maximum absolute atomic E-state index is 4.70. The second-order valence-electron chi connectivity index (χ2n) is 5.28. The topological polar surface area (TPSA) is 24.9 Å². The highest BCUT2D eigenvalue weighted by molar-refractivity contribution is 5.85. The van der Waals surface area contributed by atoms with Crippen LogP contribution in [0.1, 0.15) is 16.7 Å². The molecule has 0 aliphatic heterocycles. The number of rotatable bonds is 2. The molecule has 0 radical (unpaired) electrons. The summed E-state index contributed by atoms with van der Waals surface area (Å²) < 4.78 is 0. The van der Waals surface area contributed by atoms with Crippen LogP contribution in [0.2, 0.25) is 0 Å². The second-order valence-corrected chi connectivity index (χ2v) is 5.28. The fraction of sp³-hybridized carbons (Fsp3) is 0.167. The summed E-state index contributed by atoms with van der Waals surface area (Å²) in [5.74, 6) is 0.896. The van der Waals surface area contributed by atoms with Gasteiger partial charge < -0.3 is 5.32 Å². The van der Waals surface area contributed by atoms with E-state index in [9.17, 15) is 0 Å². The summed E-state index contributed by atoms with van der Waals surface area (Å²) >= 11 is 0. The van der Waals surface area contributed by atoms with Gasteiger partial charge in [-0.3, -0.25) is 0 Å². The van der Waals surface area contributed by atoms with Crippen LogP contribution in [0.25, 0.3) is 10.9 Å². The van der Waals surface area contributed by atoms with Crippen LogP contribution in [-0.2, 0) is 0 Å². The predicted octanol–water partition coefficient (Wildman–Crippen LogP) is 4.90. The highest BCUT2D eigenvalue weighted by Crippen LogP contribution is 2.24. The highest BCUT2D eigenvalue weighted by atomic mass is 15.0. The zero-order valence-electron chi connectivity index (χ0n) is 12.1. The van der Waals surface area contributed by atoms with Crippen LogP contribution in [0.4, 0.5) is 11.5 Å². The number of anilines is 2. The molecule has 1 N–H and O–H groups in total. The third kappa shape index (κ3) is 2.37. The van der Waals surface area contributed by atoms with Crippen LogP contribution >= 0.6 is 0 Å². The van der Waals surface area contributed by atoms with Gasteiger partial charge in [-0.1, -0.05) is 29.8 Å². The molecule has 2 nitrogen and oxygen atoms in total. The molecule has 0 aliphatic carbocycles. The molecule has 0 amide bonds. The Morgan fingerprint density at radius 3 is 2.45 bits per heavy atom. The third-order valence-corrected chi connectivity index (χ3v) is 3.58. The molecule has 0 saturated heterocycles. The number of nitrogens with zero attached hydrogens (tertiary/aromatic N) is 1. The molecule has 0 fully saturated rings. The molecule has 0 unspecified atom stereocenters. The summed E-state index contributed by atoms with van der Waals surface area (Å²) in [4.78, 5) is 4.70. The molecule has 3 rings (SSSR count). The van der Waals surface area contributed by atoms with Gasteiger partial charge in [0.2, 0.25) is 0 Å². The Morgan fingerprint density at radius 1 is 0.850 bits per heavy atom. The Hall–Kier alpha value is -2.35. The molecular weight excluding hydrogens is 244 g/mol. The summed E-state index contributed by atoms with van der Waals surface area (Å²) in [6.45, 7) is 6.34. The minimum absolute atomic E-state index is 0.896. The van der Waals surface area contributed by atoms with E-state index >= 15 is 0 Å². The molecule has 0 atom stereocenters. The van der Waals surface area contributed by atoms with E-state index in [0.29, 0.717) is 0 Å². The largest absolute Gasteiger partial charge is 0.340 e. The first-order valence-electron chi connectivity index (χ1n) is 6.84. The Kier molecular flexibility index (Phi) is 3.15. The van der Waals surface area contributed by atoms with Gasteiger partial charge in [-0.2, -0.15) is 0 Å². The Bertz CT molecular complexity index is 775. The molecular formula is C18H18N2. The minimum Gasteiger partial charge on any atom is -0.340 e. The predicted molar refractivity (Wildman–Crippen MR) is 85.7 cm³/mol. The number of benzene rings is 2. The van der Waals surface area contributed by atoms with Crippen molar-refractivity contribution in [1.82, 2.24) is 4.98 Å². The molecule has 100 valence electrons. The first-order valence-corrected chi connectivity index (χ1v) is 6.84. The number of para-hydroxylation sites is 1. The number of pyridine rings is 1. The van der Waals surface area contributed by atoms with Crippen molar-refractivity contribution in [2.75, 3.05) is 5.32 Å². The molecule has 3 aromatic rings. The number of hydrogen-bond acceptors (Lipinski definition) is 2. The summed E-state index contributed by atoms with van der Waals surface area (Å²) in [7, 11) is 0. The molecule has 1 heterocycles. The monoisotopic (exact) mass is 262 g/mol. The third-order valence-electron chi connectivity index (χ3n) is 3.58. The van der Waals surface area contributed by atoms with Crippen molar-refractivity contribution in [3.8, 4) is 0 Å². The quantitative estimate of drug-likeness (QED) is 0.710. The Labute approximate surface area is 119 Å². The summed E-state index contributed by atoms with van der Waals surface area (Å²) in [6, 6.07) is 16.7. The van der Waals surface area contributed by atoms with Gasteiger partial charge in [0.1, 0.15) is 5.82 Å². The summed E-state index contributed by atoms with van der Waals surface area (Å²) in [6.07, 6.45) is 0. The van der Waals surface area contributed by atoms with Crippen molar-refractivity contribution in [2.45, 2.75) is 20.8 Å². The van der Waals surface area contributed by atoms with E-state index in [4.69, 9.17) is 4.98 Å². The van der Waals surface area contributed by atoms with Gasteiger partial charge in [0.05, 0.1) is 5.52 Å². The molecule has 2 heteroatoms. The summed E-state index contributed by atoms with van der Waals surface area (Å²) in [5.41, 5.74) is 5.87. The lowest BCUT2D eigenvalue weighted by molar-refractivity contribution is 1.32. The molecule has 2 aromatic carbocycles. The van der Waals surface area contributed by atoms with Crippen LogP contribution in [0, 0.1) is 20.8 Å². The average Bonchev–Trinajstić information content (AvgIpc) is 2.42. The van der Waals surface area contributed by atoms with Gasteiger partial charge in [-0.15, -0.1) is 0 Å². The first-order chi connectivity index (χ1) is 9.63. The van der Waals surface area contributed by atoms with Gasteiger partial charge in [-0.05, 0) is 56.2 Å². The van der Waals surface area contributed by atoms with Crippen LogP contribution in [0.3, 0.4) is 0 Å². The number of fused-ring (bicyclic) bond motifs is 1. The molecule has 1 aromatic heterocycles. The first kappa shape index (κ1) is 12.7. The van der Waals surface area contributed by atoms with Crippen LogP contribution in [0.5, 0.6) is 0 Å². The van der Waals surface area contributed by atoms with Crippen molar-refractivity contribution in [2.24, 2.45) is 0 Å². The Morgan fingerprint density at radius 2 is 1.65 bits per heavy atom. The van der Waals surface area contributed by atoms with Crippen molar-refractivity contribution in [1.29, 1.82) is 0 Å². The number of aryl methyl sites for hydroxylation is 3. The van der Waals surface area contributed by atoms with E-state index < -0.39 is 0 Å². The van der Waals surface area contributed by atoms with Crippen LogP contribution in [0.15, 0.2) is 48.5 Å². The van der Waals surface area contributed by atoms with E-state index in [-0.39, 0.29) is 0 Å².